The Kier molecular flexibility index (Phi) is 3.10. The maximum atomic E-state index is 12.0. The lowest BCUT2D eigenvalue weighted by atomic mass is 10.2. The molecule has 1 aromatic heterocycles. The number of aromatic nitrogens is 2. The van der Waals surface area contributed by atoms with E-state index in [1.165, 1.54) is 9.58 Å². The minimum atomic E-state index is -1.05. The zero-order valence-corrected chi connectivity index (χ0v) is 9.37. The number of rotatable bonds is 2. The molecule has 0 radical (unpaired) electrons. The summed E-state index contributed by atoms with van der Waals surface area (Å²) in [5.74, 6) is -1.32. The van der Waals surface area contributed by atoms with E-state index in [0.717, 1.165) is 0 Å². The largest absolute Gasteiger partial charge is 0.479 e. The van der Waals surface area contributed by atoms with Gasteiger partial charge >= 0.3 is 5.97 Å². The van der Waals surface area contributed by atoms with Crippen molar-refractivity contribution in [2.45, 2.75) is 6.10 Å². The Balaban J connectivity index is 2.07. The van der Waals surface area contributed by atoms with Gasteiger partial charge in [-0.25, -0.2) is 4.79 Å². The standard InChI is InChI=1S/C10H13N3O4/c1-12-3-2-7(11-12)9(14)13-4-5-17-8(6-13)10(15)16/h2-3,8H,4-6H2,1H3,(H,15,16). The van der Waals surface area contributed by atoms with Gasteiger partial charge in [0.1, 0.15) is 5.69 Å². The number of aryl methyl sites for hydroxylation is 1. The number of amides is 1. The highest BCUT2D eigenvalue weighted by atomic mass is 16.5. The third kappa shape index (κ3) is 2.44. The first-order valence-electron chi connectivity index (χ1n) is 5.21. The van der Waals surface area contributed by atoms with Crippen molar-refractivity contribution in [3.8, 4) is 0 Å². The van der Waals surface area contributed by atoms with E-state index in [-0.39, 0.29) is 19.1 Å². The van der Waals surface area contributed by atoms with Gasteiger partial charge in [0.15, 0.2) is 6.10 Å². The van der Waals surface area contributed by atoms with Crippen LogP contribution in [0, 0.1) is 0 Å². The summed E-state index contributed by atoms with van der Waals surface area (Å²) in [4.78, 5) is 24.2. The van der Waals surface area contributed by atoms with Crippen LogP contribution in [0.4, 0.5) is 0 Å². The molecule has 1 aliphatic heterocycles. The lowest BCUT2D eigenvalue weighted by Gasteiger charge is -2.30. The first-order chi connectivity index (χ1) is 8.08. The van der Waals surface area contributed by atoms with Crippen molar-refractivity contribution in [3.63, 3.8) is 0 Å². The minimum absolute atomic E-state index is 0.0603. The second-order valence-corrected chi connectivity index (χ2v) is 3.82. The first kappa shape index (κ1) is 11.6. The van der Waals surface area contributed by atoms with Gasteiger partial charge in [0.25, 0.3) is 5.91 Å². The molecule has 0 bridgehead atoms. The van der Waals surface area contributed by atoms with Crippen LogP contribution in [0.5, 0.6) is 0 Å². The van der Waals surface area contributed by atoms with Gasteiger partial charge in [-0.1, -0.05) is 0 Å². The van der Waals surface area contributed by atoms with Crippen molar-refractivity contribution >= 4 is 11.9 Å². The van der Waals surface area contributed by atoms with E-state index in [9.17, 15) is 9.59 Å². The summed E-state index contributed by atoms with van der Waals surface area (Å²) in [5, 5.41) is 12.8. The Morgan fingerprint density at radius 1 is 1.59 bits per heavy atom. The molecule has 17 heavy (non-hydrogen) atoms. The van der Waals surface area contributed by atoms with Crippen LogP contribution in [-0.2, 0) is 16.6 Å². The van der Waals surface area contributed by atoms with Gasteiger partial charge in [-0.2, -0.15) is 5.10 Å². The molecule has 0 aromatic carbocycles. The second-order valence-electron chi connectivity index (χ2n) is 3.82. The van der Waals surface area contributed by atoms with Gasteiger partial charge < -0.3 is 14.7 Å². The van der Waals surface area contributed by atoms with E-state index in [0.29, 0.717) is 12.2 Å². The number of carboxylic acid groups (broad SMARTS) is 1. The van der Waals surface area contributed by atoms with E-state index in [4.69, 9.17) is 9.84 Å². The molecule has 1 fully saturated rings. The molecule has 1 N–H and O–H groups in total. The summed E-state index contributed by atoms with van der Waals surface area (Å²) in [5.41, 5.74) is 0.318. The minimum Gasteiger partial charge on any atom is -0.479 e. The van der Waals surface area contributed by atoms with Crippen LogP contribution in [0.25, 0.3) is 0 Å². The van der Waals surface area contributed by atoms with E-state index >= 15 is 0 Å². The first-order valence-corrected chi connectivity index (χ1v) is 5.21. The highest BCUT2D eigenvalue weighted by molar-refractivity contribution is 5.92. The molecular weight excluding hydrogens is 226 g/mol. The van der Waals surface area contributed by atoms with Crippen molar-refractivity contribution < 1.29 is 19.4 Å². The van der Waals surface area contributed by atoms with E-state index in [1.54, 1.807) is 19.3 Å². The monoisotopic (exact) mass is 239 g/mol. The Hall–Kier alpha value is -1.89. The van der Waals surface area contributed by atoms with Crippen molar-refractivity contribution in [2.75, 3.05) is 19.7 Å². The molecular formula is C10H13N3O4. The maximum absolute atomic E-state index is 12.0. The van der Waals surface area contributed by atoms with Crippen molar-refractivity contribution in [1.82, 2.24) is 14.7 Å². The van der Waals surface area contributed by atoms with Gasteiger partial charge in [0.05, 0.1) is 13.2 Å². The number of nitrogens with zero attached hydrogens (tertiary/aromatic N) is 3. The molecule has 1 unspecified atom stereocenters. The third-order valence-corrected chi connectivity index (χ3v) is 2.56. The van der Waals surface area contributed by atoms with Gasteiger partial charge in [-0.3, -0.25) is 9.48 Å². The molecule has 2 heterocycles. The quantitative estimate of drug-likeness (QED) is 0.741. The fourth-order valence-corrected chi connectivity index (χ4v) is 1.67. The molecule has 2 rings (SSSR count). The van der Waals surface area contributed by atoms with Crippen molar-refractivity contribution in [1.29, 1.82) is 0 Å². The molecule has 1 saturated heterocycles. The summed E-state index contributed by atoms with van der Waals surface area (Å²) >= 11 is 0. The van der Waals surface area contributed by atoms with Crippen molar-refractivity contribution in [2.24, 2.45) is 7.05 Å². The number of ether oxygens (including phenoxy) is 1. The molecule has 0 saturated carbocycles. The average Bonchev–Trinajstić information content (AvgIpc) is 2.75. The molecule has 7 nitrogen and oxygen atoms in total. The maximum Gasteiger partial charge on any atom is 0.334 e. The highest BCUT2D eigenvalue weighted by Gasteiger charge is 2.30. The lowest BCUT2D eigenvalue weighted by molar-refractivity contribution is -0.154. The molecule has 1 amide bonds. The normalized spacial score (nSPS) is 20.3. The predicted octanol–water partition coefficient (Wildman–Crippen LogP) is -0.654. The third-order valence-electron chi connectivity index (χ3n) is 2.56. The Morgan fingerprint density at radius 3 is 2.94 bits per heavy atom. The van der Waals surface area contributed by atoms with Gasteiger partial charge in [0.2, 0.25) is 0 Å². The number of hydrogen-bond donors (Lipinski definition) is 1. The lowest BCUT2D eigenvalue weighted by Crippen LogP contribution is -2.48. The Labute approximate surface area is 97.6 Å². The molecule has 0 spiro atoms. The average molecular weight is 239 g/mol. The van der Waals surface area contributed by atoms with E-state index in [2.05, 4.69) is 5.10 Å². The number of carbonyl (C=O) groups is 2. The summed E-state index contributed by atoms with van der Waals surface area (Å²) < 4.78 is 6.57. The molecule has 7 heteroatoms. The van der Waals surface area contributed by atoms with Gasteiger partial charge in [0, 0.05) is 19.8 Å². The highest BCUT2D eigenvalue weighted by Crippen LogP contribution is 2.09. The topological polar surface area (TPSA) is 84.7 Å². The fourth-order valence-electron chi connectivity index (χ4n) is 1.67. The predicted molar refractivity (Wildman–Crippen MR) is 56.5 cm³/mol. The van der Waals surface area contributed by atoms with Crippen LogP contribution in [0.15, 0.2) is 12.3 Å². The fraction of sp³-hybridized carbons (Fsp3) is 0.500. The van der Waals surface area contributed by atoms with E-state index in [1.807, 2.05) is 0 Å². The number of carboxylic acids is 1. The molecule has 1 aromatic rings. The zero-order valence-electron chi connectivity index (χ0n) is 9.37. The zero-order chi connectivity index (χ0) is 12.4. The second kappa shape index (κ2) is 4.54. The van der Waals surface area contributed by atoms with Gasteiger partial charge in [-0.15, -0.1) is 0 Å². The van der Waals surface area contributed by atoms with Crippen LogP contribution in [0.2, 0.25) is 0 Å². The Morgan fingerprint density at radius 2 is 2.35 bits per heavy atom. The SMILES string of the molecule is Cn1ccc(C(=O)N2CCOC(C(=O)O)C2)n1. The van der Waals surface area contributed by atoms with Crippen LogP contribution < -0.4 is 0 Å². The number of morpholine rings is 1. The van der Waals surface area contributed by atoms with Crippen LogP contribution in [-0.4, -0.2) is 57.5 Å². The molecule has 1 aliphatic rings. The summed E-state index contributed by atoms with van der Waals surface area (Å²) in [6, 6.07) is 1.60. The summed E-state index contributed by atoms with van der Waals surface area (Å²) in [6.07, 6.45) is 0.721. The van der Waals surface area contributed by atoms with Gasteiger partial charge in [-0.05, 0) is 6.07 Å². The summed E-state index contributed by atoms with van der Waals surface area (Å²) in [7, 11) is 1.72. The molecule has 0 aliphatic carbocycles. The molecule has 1 atom stereocenters. The number of hydrogen-bond acceptors (Lipinski definition) is 4. The molecule has 92 valence electrons. The van der Waals surface area contributed by atoms with Crippen LogP contribution >= 0.6 is 0 Å². The number of carbonyl (C=O) groups excluding carboxylic acids is 1. The smallest absolute Gasteiger partial charge is 0.334 e. The van der Waals surface area contributed by atoms with E-state index < -0.39 is 12.1 Å². The van der Waals surface area contributed by atoms with Crippen LogP contribution in [0.1, 0.15) is 10.5 Å². The van der Waals surface area contributed by atoms with Crippen LogP contribution in [0.3, 0.4) is 0 Å². The Bertz CT molecular complexity index is 443. The summed E-state index contributed by atoms with van der Waals surface area (Å²) in [6.45, 7) is 0.680. The number of aliphatic carboxylic acids is 1. The van der Waals surface area contributed by atoms with Crippen molar-refractivity contribution in [3.05, 3.63) is 18.0 Å².